The summed E-state index contributed by atoms with van der Waals surface area (Å²) >= 11 is 1.47. The molecule has 3 nitrogen and oxygen atoms in total. The molecule has 0 unspecified atom stereocenters. The molecule has 0 atom stereocenters. The Bertz CT molecular complexity index is 244. The smallest absolute Gasteiger partial charge is 0.222 e. The van der Waals surface area contributed by atoms with Gasteiger partial charge in [0.1, 0.15) is 0 Å². The van der Waals surface area contributed by atoms with Crippen LogP contribution < -0.4 is 5.73 Å². The van der Waals surface area contributed by atoms with Crippen molar-refractivity contribution in [3.8, 4) is 0 Å². The van der Waals surface area contributed by atoms with Gasteiger partial charge in [-0.25, -0.2) is 4.98 Å². The first-order chi connectivity index (χ1) is 4.70. The Kier molecular flexibility index (Phi) is 2.01. The first-order valence-electron chi connectivity index (χ1n) is 2.87. The van der Waals surface area contributed by atoms with Crippen molar-refractivity contribution in [1.29, 1.82) is 0 Å². The molecule has 0 fully saturated rings. The minimum Gasteiger partial charge on any atom is -0.369 e. The van der Waals surface area contributed by atoms with Crippen LogP contribution >= 0.6 is 11.3 Å². The molecule has 1 aromatic heterocycles. The number of aryl methyl sites for hydroxylation is 1. The van der Waals surface area contributed by atoms with Crippen molar-refractivity contribution in [2.75, 3.05) is 0 Å². The number of nitrogens with zero attached hydrogens (tertiary/aromatic N) is 1. The lowest BCUT2D eigenvalue weighted by Gasteiger charge is -1.90. The highest BCUT2D eigenvalue weighted by atomic mass is 32.1. The molecule has 0 aliphatic heterocycles. The molecule has 1 aromatic rings. The van der Waals surface area contributed by atoms with E-state index >= 15 is 0 Å². The summed E-state index contributed by atoms with van der Waals surface area (Å²) in [5, 5.41) is 0. The second kappa shape index (κ2) is 2.79. The molecule has 2 N–H and O–H groups in total. The summed E-state index contributed by atoms with van der Waals surface area (Å²) in [4.78, 5) is 15.4. The lowest BCUT2D eigenvalue weighted by atomic mass is 10.3. The van der Waals surface area contributed by atoms with Gasteiger partial charge in [-0.15, -0.1) is 11.3 Å². The minimum atomic E-state index is -0.299. The van der Waals surface area contributed by atoms with Crippen LogP contribution in [0.1, 0.15) is 10.6 Å². The highest BCUT2D eigenvalue weighted by Gasteiger charge is 2.03. The quantitative estimate of drug-likeness (QED) is 0.677. The van der Waals surface area contributed by atoms with E-state index in [0.717, 1.165) is 10.6 Å². The topological polar surface area (TPSA) is 56.0 Å². The molecule has 0 aliphatic rings. The van der Waals surface area contributed by atoms with Gasteiger partial charge < -0.3 is 5.73 Å². The number of nitrogens with two attached hydrogens (primary N) is 1. The van der Waals surface area contributed by atoms with Crippen molar-refractivity contribution in [1.82, 2.24) is 4.98 Å². The molecule has 1 amide bonds. The van der Waals surface area contributed by atoms with Crippen LogP contribution in [0.2, 0.25) is 0 Å². The molecule has 0 bridgehead atoms. The van der Waals surface area contributed by atoms with Gasteiger partial charge in [0.25, 0.3) is 0 Å². The molecule has 10 heavy (non-hydrogen) atoms. The van der Waals surface area contributed by atoms with Crippen LogP contribution in [-0.2, 0) is 11.2 Å². The molecular formula is C6H8N2OS. The normalized spacial score (nSPS) is 9.70. The zero-order chi connectivity index (χ0) is 7.56. The average molecular weight is 156 g/mol. The van der Waals surface area contributed by atoms with Gasteiger partial charge in [0.05, 0.1) is 17.6 Å². The average Bonchev–Trinajstić information content (AvgIpc) is 2.15. The number of aromatic nitrogens is 1. The van der Waals surface area contributed by atoms with Gasteiger partial charge in [-0.3, -0.25) is 4.79 Å². The van der Waals surface area contributed by atoms with Crippen LogP contribution in [0.4, 0.5) is 0 Å². The van der Waals surface area contributed by atoms with Gasteiger partial charge in [0.2, 0.25) is 5.91 Å². The molecule has 1 rings (SSSR count). The third kappa shape index (κ3) is 1.54. The molecule has 54 valence electrons. The van der Waals surface area contributed by atoms with Gasteiger partial charge in [-0.2, -0.15) is 0 Å². The first kappa shape index (κ1) is 7.21. The summed E-state index contributed by atoms with van der Waals surface area (Å²) in [5.41, 5.74) is 7.61. The van der Waals surface area contributed by atoms with Crippen LogP contribution in [0.25, 0.3) is 0 Å². The second-order valence-electron chi connectivity index (χ2n) is 2.00. The van der Waals surface area contributed by atoms with Crippen LogP contribution in [0, 0.1) is 6.92 Å². The maximum absolute atomic E-state index is 10.4. The van der Waals surface area contributed by atoms with E-state index < -0.39 is 0 Å². The molecule has 0 saturated heterocycles. The minimum absolute atomic E-state index is 0.299. The van der Waals surface area contributed by atoms with E-state index in [1.165, 1.54) is 11.3 Å². The molecule has 0 aromatic carbocycles. The summed E-state index contributed by atoms with van der Waals surface area (Å²) < 4.78 is 0. The Labute approximate surface area is 62.9 Å². The van der Waals surface area contributed by atoms with E-state index in [1.54, 1.807) is 5.51 Å². The van der Waals surface area contributed by atoms with E-state index in [1.807, 2.05) is 6.92 Å². The summed E-state index contributed by atoms with van der Waals surface area (Å²) in [6.07, 6.45) is 0.316. The largest absolute Gasteiger partial charge is 0.369 e. The first-order valence-corrected chi connectivity index (χ1v) is 3.75. The second-order valence-corrected chi connectivity index (χ2v) is 2.94. The number of hydrogen-bond acceptors (Lipinski definition) is 3. The molecule has 0 radical (unpaired) electrons. The number of rotatable bonds is 2. The van der Waals surface area contributed by atoms with Crippen molar-refractivity contribution in [2.45, 2.75) is 13.3 Å². The van der Waals surface area contributed by atoms with E-state index in [0.29, 0.717) is 6.42 Å². The van der Waals surface area contributed by atoms with Crippen molar-refractivity contribution in [2.24, 2.45) is 5.73 Å². The van der Waals surface area contributed by atoms with Crippen LogP contribution in [0.15, 0.2) is 5.51 Å². The van der Waals surface area contributed by atoms with Crippen molar-refractivity contribution >= 4 is 17.2 Å². The van der Waals surface area contributed by atoms with Crippen molar-refractivity contribution < 1.29 is 4.79 Å². The lowest BCUT2D eigenvalue weighted by molar-refractivity contribution is -0.117. The highest BCUT2D eigenvalue weighted by Crippen LogP contribution is 2.11. The summed E-state index contributed by atoms with van der Waals surface area (Å²) in [6.45, 7) is 1.87. The zero-order valence-electron chi connectivity index (χ0n) is 5.63. The Morgan fingerprint density at radius 2 is 2.60 bits per heavy atom. The van der Waals surface area contributed by atoms with Gasteiger partial charge in [-0.05, 0) is 6.92 Å². The molecule has 1 heterocycles. The van der Waals surface area contributed by atoms with Crippen LogP contribution in [0.3, 0.4) is 0 Å². The number of primary amides is 1. The maximum Gasteiger partial charge on any atom is 0.222 e. The third-order valence-electron chi connectivity index (χ3n) is 1.18. The van der Waals surface area contributed by atoms with E-state index in [9.17, 15) is 4.79 Å². The number of thiazole rings is 1. The molecule has 0 aliphatic carbocycles. The zero-order valence-corrected chi connectivity index (χ0v) is 6.44. The number of amides is 1. The Morgan fingerprint density at radius 1 is 1.90 bits per heavy atom. The number of hydrogen-bond donors (Lipinski definition) is 1. The van der Waals surface area contributed by atoms with Crippen molar-refractivity contribution in [3.63, 3.8) is 0 Å². The molecular weight excluding hydrogens is 148 g/mol. The summed E-state index contributed by atoms with van der Waals surface area (Å²) in [6, 6.07) is 0. The van der Waals surface area contributed by atoms with E-state index in [2.05, 4.69) is 4.98 Å². The summed E-state index contributed by atoms with van der Waals surface area (Å²) in [7, 11) is 0. The highest BCUT2D eigenvalue weighted by molar-refractivity contribution is 7.09. The Morgan fingerprint density at radius 3 is 3.00 bits per heavy atom. The van der Waals surface area contributed by atoms with Crippen molar-refractivity contribution in [3.05, 3.63) is 16.1 Å². The molecule has 4 heteroatoms. The van der Waals surface area contributed by atoms with Gasteiger partial charge in [0.15, 0.2) is 0 Å². The molecule has 0 saturated carbocycles. The van der Waals surface area contributed by atoms with E-state index in [-0.39, 0.29) is 5.91 Å². The van der Waals surface area contributed by atoms with Crippen LogP contribution in [0.5, 0.6) is 0 Å². The predicted molar refractivity (Wildman–Crippen MR) is 39.7 cm³/mol. The monoisotopic (exact) mass is 156 g/mol. The number of carbonyl (C=O) groups is 1. The molecule has 0 spiro atoms. The fraction of sp³-hybridized carbons (Fsp3) is 0.333. The van der Waals surface area contributed by atoms with Gasteiger partial charge in [-0.1, -0.05) is 0 Å². The van der Waals surface area contributed by atoms with Crippen LogP contribution in [-0.4, -0.2) is 10.9 Å². The number of carbonyl (C=O) groups excluding carboxylic acids is 1. The fourth-order valence-electron chi connectivity index (χ4n) is 0.654. The third-order valence-corrected chi connectivity index (χ3v) is 2.11. The Balaban J connectivity index is 2.74. The van der Waals surface area contributed by atoms with E-state index in [4.69, 9.17) is 5.73 Å². The standard InChI is InChI=1S/C6H8N2OS/c1-4-5(2-6(7)9)10-3-8-4/h3H,2H2,1H3,(H2,7,9). The van der Waals surface area contributed by atoms with Gasteiger partial charge >= 0.3 is 0 Å². The maximum atomic E-state index is 10.4. The Hall–Kier alpha value is -0.900. The lowest BCUT2D eigenvalue weighted by Crippen LogP contribution is -2.13. The fourth-order valence-corrected chi connectivity index (χ4v) is 1.44. The van der Waals surface area contributed by atoms with Gasteiger partial charge in [0, 0.05) is 4.88 Å². The summed E-state index contributed by atoms with van der Waals surface area (Å²) in [5.74, 6) is -0.299. The SMILES string of the molecule is Cc1ncsc1CC(N)=O. The predicted octanol–water partition coefficient (Wildman–Crippen LogP) is 0.479.